The highest BCUT2D eigenvalue weighted by atomic mass is 16.5. The van der Waals surface area contributed by atoms with Gasteiger partial charge in [0.2, 0.25) is 5.91 Å². The van der Waals surface area contributed by atoms with Gasteiger partial charge in [0, 0.05) is 24.0 Å². The molecule has 0 unspecified atom stereocenters. The van der Waals surface area contributed by atoms with E-state index in [1.807, 2.05) is 23.0 Å². The molecule has 0 fully saturated rings. The summed E-state index contributed by atoms with van der Waals surface area (Å²) in [5.74, 6) is 0.972. The number of amides is 1. The Morgan fingerprint density at radius 2 is 2.16 bits per heavy atom. The number of ether oxygens (including phenoxy) is 1. The van der Waals surface area contributed by atoms with E-state index in [9.17, 15) is 4.79 Å². The second-order valence-corrected chi connectivity index (χ2v) is 6.32. The Morgan fingerprint density at radius 1 is 1.32 bits per heavy atom. The van der Waals surface area contributed by atoms with Gasteiger partial charge >= 0.3 is 0 Å². The van der Waals surface area contributed by atoms with Crippen LogP contribution >= 0.6 is 0 Å². The van der Waals surface area contributed by atoms with Crippen LogP contribution in [0.5, 0.6) is 5.75 Å². The average Bonchev–Trinajstić information content (AvgIpc) is 3.18. The maximum Gasteiger partial charge on any atom is 0.248 e. The molecule has 1 amide bonds. The van der Waals surface area contributed by atoms with Crippen LogP contribution in [0.25, 0.3) is 22.8 Å². The van der Waals surface area contributed by atoms with E-state index in [1.54, 1.807) is 18.3 Å². The molecular weight excluding hydrogens is 318 g/mol. The van der Waals surface area contributed by atoms with Gasteiger partial charge < -0.3 is 15.0 Å². The quantitative estimate of drug-likeness (QED) is 0.795. The maximum absolute atomic E-state index is 11.4. The summed E-state index contributed by atoms with van der Waals surface area (Å²) in [4.78, 5) is 16.2. The monoisotopic (exact) mass is 337 g/mol. The van der Waals surface area contributed by atoms with E-state index in [0.29, 0.717) is 24.5 Å². The van der Waals surface area contributed by atoms with Crippen LogP contribution in [0, 0.1) is 0 Å². The molecule has 0 saturated carbocycles. The minimum atomic E-state index is -0.472. The van der Waals surface area contributed by atoms with Crippen LogP contribution in [0.2, 0.25) is 0 Å². The highest BCUT2D eigenvalue weighted by Crippen LogP contribution is 2.34. The van der Waals surface area contributed by atoms with Crippen molar-refractivity contribution in [1.82, 2.24) is 19.3 Å². The van der Waals surface area contributed by atoms with Crippen molar-refractivity contribution >= 4 is 5.91 Å². The van der Waals surface area contributed by atoms with Crippen molar-refractivity contribution < 1.29 is 9.53 Å². The van der Waals surface area contributed by atoms with E-state index in [1.165, 1.54) is 0 Å². The third-order valence-corrected chi connectivity index (χ3v) is 4.30. The minimum Gasteiger partial charge on any atom is -0.491 e. The Hall–Kier alpha value is -3.09. The van der Waals surface area contributed by atoms with Crippen molar-refractivity contribution in [2.75, 3.05) is 6.61 Å². The van der Waals surface area contributed by atoms with Gasteiger partial charge in [-0.1, -0.05) is 0 Å². The molecule has 7 nitrogen and oxygen atoms in total. The van der Waals surface area contributed by atoms with Crippen molar-refractivity contribution in [3.05, 3.63) is 42.2 Å². The van der Waals surface area contributed by atoms with Crippen molar-refractivity contribution in [2.45, 2.75) is 26.4 Å². The molecule has 0 aliphatic carbocycles. The van der Waals surface area contributed by atoms with Gasteiger partial charge in [0.05, 0.1) is 17.8 Å². The Labute approximate surface area is 145 Å². The summed E-state index contributed by atoms with van der Waals surface area (Å²) in [6.07, 6.45) is 3.81. The van der Waals surface area contributed by atoms with E-state index in [2.05, 4.69) is 23.5 Å². The molecule has 4 rings (SSSR count). The predicted octanol–water partition coefficient (Wildman–Crippen LogP) is 2.49. The number of primary amides is 1. The fraction of sp³-hybridized carbons (Fsp3) is 0.278. The standard InChI is InChI=1S/C18H19N5O2/c1-11(2)23-15(5-6-20-23)14-10-22-7-8-25-16-9-12(17(19)24)3-4-13(16)18(22)21-14/h3-6,9-11H,7-8H2,1-2H3,(H2,19,24). The lowest BCUT2D eigenvalue weighted by Gasteiger charge is -2.09. The summed E-state index contributed by atoms with van der Waals surface area (Å²) in [6.45, 7) is 5.36. The first-order valence-corrected chi connectivity index (χ1v) is 8.22. The molecule has 2 N–H and O–H groups in total. The number of fused-ring (bicyclic) bond motifs is 3. The molecule has 0 atom stereocenters. The normalized spacial score (nSPS) is 13.1. The number of rotatable bonds is 3. The first-order chi connectivity index (χ1) is 12.0. The average molecular weight is 337 g/mol. The molecule has 3 heterocycles. The lowest BCUT2D eigenvalue weighted by molar-refractivity contribution is 0.1000. The lowest BCUT2D eigenvalue weighted by Crippen LogP contribution is -2.11. The second-order valence-electron chi connectivity index (χ2n) is 6.32. The number of aromatic nitrogens is 4. The number of carbonyl (C=O) groups excluding carboxylic acids is 1. The van der Waals surface area contributed by atoms with Crippen LogP contribution in [-0.2, 0) is 6.54 Å². The Balaban J connectivity index is 1.83. The van der Waals surface area contributed by atoms with Crippen molar-refractivity contribution in [1.29, 1.82) is 0 Å². The summed E-state index contributed by atoms with van der Waals surface area (Å²) in [5, 5.41) is 4.38. The Kier molecular flexibility index (Phi) is 3.56. The number of hydrogen-bond acceptors (Lipinski definition) is 4. The van der Waals surface area contributed by atoms with Crippen LogP contribution in [0.1, 0.15) is 30.2 Å². The summed E-state index contributed by atoms with van der Waals surface area (Å²) < 4.78 is 9.81. The van der Waals surface area contributed by atoms with Crippen molar-refractivity contribution in [2.24, 2.45) is 5.73 Å². The highest BCUT2D eigenvalue weighted by molar-refractivity contribution is 5.94. The smallest absolute Gasteiger partial charge is 0.248 e. The SMILES string of the molecule is CC(C)n1nccc1-c1cn2c(n1)-c1ccc(C(N)=O)cc1OCC2. The van der Waals surface area contributed by atoms with Crippen LogP contribution in [-0.4, -0.2) is 31.8 Å². The first-order valence-electron chi connectivity index (χ1n) is 8.22. The zero-order chi connectivity index (χ0) is 17.6. The molecule has 1 aliphatic rings. The molecule has 1 aromatic carbocycles. The Morgan fingerprint density at radius 3 is 2.92 bits per heavy atom. The first kappa shape index (κ1) is 15.4. The number of carbonyl (C=O) groups is 1. The van der Waals surface area contributed by atoms with Gasteiger partial charge in [0.15, 0.2) is 0 Å². The van der Waals surface area contributed by atoms with E-state index >= 15 is 0 Å². The van der Waals surface area contributed by atoms with Gasteiger partial charge in [-0.15, -0.1) is 0 Å². The van der Waals surface area contributed by atoms with E-state index in [4.69, 9.17) is 15.5 Å². The molecular formula is C18H19N5O2. The molecule has 0 spiro atoms. The van der Waals surface area contributed by atoms with Crippen LogP contribution in [0.3, 0.4) is 0 Å². The number of benzene rings is 1. The maximum atomic E-state index is 11.4. The van der Waals surface area contributed by atoms with Crippen molar-refractivity contribution in [3.63, 3.8) is 0 Å². The lowest BCUT2D eigenvalue weighted by atomic mass is 10.1. The van der Waals surface area contributed by atoms with Crippen molar-refractivity contribution in [3.8, 4) is 28.5 Å². The molecule has 7 heteroatoms. The summed E-state index contributed by atoms with van der Waals surface area (Å²) >= 11 is 0. The van der Waals surface area contributed by atoms with Crippen LogP contribution in [0.15, 0.2) is 36.7 Å². The van der Waals surface area contributed by atoms with Gasteiger partial charge in [0.25, 0.3) is 0 Å². The molecule has 25 heavy (non-hydrogen) atoms. The third-order valence-electron chi connectivity index (χ3n) is 4.30. The van der Waals surface area contributed by atoms with E-state index in [-0.39, 0.29) is 6.04 Å². The van der Waals surface area contributed by atoms with Crippen LogP contribution < -0.4 is 10.5 Å². The van der Waals surface area contributed by atoms with Gasteiger partial charge in [-0.25, -0.2) is 4.98 Å². The zero-order valence-electron chi connectivity index (χ0n) is 14.1. The molecule has 0 saturated heterocycles. The molecule has 2 aromatic heterocycles. The second kappa shape index (κ2) is 5.77. The van der Waals surface area contributed by atoms with Crippen LogP contribution in [0.4, 0.5) is 0 Å². The molecule has 0 bridgehead atoms. The number of nitrogens with zero attached hydrogens (tertiary/aromatic N) is 4. The van der Waals surface area contributed by atoms with E-state index < -0.39 is 5.91 Å². The summed E-state index contributed by atoms with van der Waals surface area (Å²) in [7, 11) is 0. The van der Waals surface area contributed by atoms with E-state index in [0.717, 1.165) is 22.8 Å². The summed E-state index contributed by atoms with van der Waals surface area (Å²) in [5.41, 5.74) is 8.49. The van der Waals surface area contributed by atoms with Gasteiger partial charge in [-0.05, 0) is 38.1 Å². The third kappa shape index (κ3) is 2.57. The minimum absolute atomic E-state index is 0.250. The fourth-order valence-electron chi connectivity index (χ4n) is 3.09. The molecule has 0 radical (unpaired) electrons. The zero-order valence-corrected chi connectivity index (χ0v) is 14.1. The predicted molar refractivity (Wildman–Crippen MR) is 93.3 cm³/mol. The fourth-order valence-corrected chi connectivity index (χ4v) is 3.09. The summed E-state index contributed by atoms with van der Waals surface area (Å²) in [6, 6.07) is 7.44. The number of imidazole rings is 1. The van der Waals surface area contributed by atoms with Gasteiger partial charge in [-0.2, -0.15) is 5.10 Å². The molecule has 128 valence electrons. The van der Waals surface area contributed by atoms with Gasteiger partial charge in [0.1, 0.15) is 23.9 Å². The van der Waals surface area contributed by atoms with Gasteiger partial charge in [-0.3, -0.25) is 9.48 Å². The molecule has 1 aliphatic heterocycles. The largest absolute Gasteiger partial charge is 0.491 e. The number of hydrogen-bond donors (Lipinski definition) is 1. The highest BCUT2D eigenvalue weighted by Gasteiger charge is 2.21. The number of nitrogens with two attached hydrogens (primary N) is 1. The molecule has 3 aromatic rings. The topological polar surface area (TPSA) is 88.0 Å². The Bertz CT molecular complexity index is 954.